The third-order valence-electron chi connectivity index (χ3n) is 3.63. The molecule has 0 spiro atoms. The molecule has 20 heavy (non-hydrogen) atoms. The summed E-state index contributed by atoms with van der Waals surface area (Å²) < 4.78 is 0. The molecule has 2 nitrogen and oxygen atoms in total. The van der Waals surface area contributed by atoms with Gasteiger partial charge in [0.05, 0.1) is 0 Å². The van der Waals surface area contributed by atoms with Crippen LogP contribution in [0.15, 0.2) is 35.7 Å². The van der Waals surface area contributed by atoms with Crippen molar-refractivity contribution in [2.24, 2.45) is 5.73 Å². The lowest BCUT2D eigenvalue weighted by Gasteiger charge is -2.27. The monoisotopic (exact) mass is 308 g/mol. The van der Waals surface area contributed by atoms with Crippen molar-refractivity contribution in [3.63, 3.8) is 0 Å². The molecule has 2 rings (SSSR count). The second-order valence-corrected chi connectivity index (χ2v) is 6.51. The van der Waals surface area contributed by atoms with Crippen LogP contribution in [0, 0.1) is 6.92 Å². The number of hydrogen-bond acceptors (Lipinski definition) is 3. The van der Waals surface area contributed by atoms with Gasteiger partial charge in [-0.3, -0.25) is 4.90 Å². The average Bonchev–Trinajstić information content (AvgIpc) is 2.94. The first-order valence-electron chi connectivity index (χ1n) is 6.80. The van der Waals surface area contributed by atoms with Gasteiger partial charge < -0.3 is 5.73 Å². The molecular weight excluding hydrogens is 288 g/mol. The van der Waals surface area contributed by atoms with Crippen LogP contribution in [-0.4, -0.2) is 25.0 Å². The highest BCUT2D eigenvalue weighted by Gasteiger charge is 2.16. The molecule has 0 aliphatic heterocycles. The molecule has 1 aromatic carbocycles. The van der Waals surface area contributed by atoms with Crippen LogP contribution in [0.4, 0.5) is 0 Å². The number of nitrogens with zero attached hydrogens (tertiary/aromatic N) is 1. The van der Waals surface area contributed by atoms with Gasteiger partial charge in [0.25, 0.3) is 0 Å². The molecule has 1 heterocycles. The standard InChI is InChI=1S/C16H21ClN2S/c1-12-5-6-13(10-15(12)17)16(11-18)19(2)8-7-14-4-3-9-20-14/h3-6,9-10,16H,7-8,11,18H2,1-2H3. The van der Waals surface area contributed by atoms with Crippen LogP contribution in [0.5, 0.6) is 0 Å². The van der Waals surface area contributed by atoms with Gasteiger partial charge in [-0.2, -0.15) is 0 Å². The van der Waals surface area contributed by atoms with Crippen molar-refractivity contribution < 1.29 is 0 Å². The van der Waals surface area contributed by atoms with Gasteiger partial charge in [-0.05, 0) is 49.0 Å². The van der Waals surface area contributed by atoms with Crippen molar-refractivity contribution in [3.05, 3.63) is 56.7 Å². The Morgan fingerprint density at radius 1 is 1.35 bits per heavy atom. The van der Waals surface area contributed by atoms with Crippen LogP contribution in [0.25, 0.3) is 0 Å². The highest BCUT2D eigenvalue weighted by molar-refractivity contribution is 7.09. The summed E-state index contributed by atoms with van der Waals surface area (Å²) in [4.78, 5) is 3.72. The zero-order chi connectivity index (χ0) is 14.5. The van der Waals surface area contributed by atoms with Gasteiger partial charge in [-0.1, -0.05) is 29.8 Å². The molecular formula is C16H21ClN2S. The van der Waals surface area contributed by atoms with Crippen LogP contribution in [0.1, 0.15) is 22.0 Å². The van der Waals surface area contributed by atoms with Crippen molar-refractivity contribution in [1.29, 1.82) is 0 Å². The van der Waals surface area contributed by atoms with Crippen LogP contribution >= 0.6 is 22.9 Å². The number of benzene rings is 1. The fourth-order valence-electron chi connectivity index (χ4n) is 2.28. The van der Waals surface area contributed by atoms with E-state index in [-0.39, 0.29) is 6.04 Å². The quantitative estimate of drug-likeness (QED) is 0.877. The molecule has 1 aromatic heterocycles. The van der Waals surface area contributed by atoms with Crippen molar-refractivity contribution >= 4 is 22.9 Å². The van der Waals surface area contributed by atoms with Crippen LogP contribution in [0.2, 0.25) is 5.02 Å². The lowest BCUT2D eigenvalue weighted by Crippen LogP contribution is -2.32. The summed E-state index contributed by atoms with van der Waals surface area (Å²) in [5.74, 6) is 0. The first-order valence-corrected chi connectivity index (χ1v) is 8.06. The number of likely N-dealkylation sites (N-methyl/N-ethyl adjacent to an activating group) is 1. The molecule has 2 aromatic rings. The van der Waals surface area contributed by atoms with Gasteiger partial charge in [0.1, 0.15) is 0 Å². The van der Waals surface area contributed by atoms with E-state index in [2.05, 4.69) is 41.6 Å². The van der Waals surface area contributed by atoms with E-state index in [1.807, 2.05) is 13.0 Å². The van der Waals surface area contributed by atoms with E-state index in [4.69, 9.17) is 17.3 Å². The maximum Gasteiger partial charge on any atom is 0.0468 e. The molecule has 4 heteroatoms. The Morgan fingerprint density at radius 3 is 2.75 bits per heavy atom. The van der Waals surface area contributed by atoms with E-state index in [9.17, 15) is 0 Å². The second-order valence-electron chi connectivity index (χ2n) is 5.07. The maximum absolute atomic E-state index is 6.22. The summed E-state index contributed by atoms with van der Waals surface area (Å²) in [6, 6.07) is 10.7. The third-order valence-corrected chi connectivity index (χ3v) is 4.97. The van der Waals surface area contributed by atoms with Gasteiger partial charge in [-0.15, -0.1) is 11.3 Å². The van der Waals surface area contributed by atoms with Crippen molar-refractivity contribution in [1.82, 2.24) is 4.90 Å². The molecule has 0 amide bonds. The van der Waals surface area contributed by atoms with E-state index >= 15 is 0 Å². The molecule has 0 aliphatic rings. The maximum atomic E-state index is 6.22. The first-order chi connectivity index (χ1) is 9.61. The first kappa shape index (κ1) is 15.5. The van der Waals surface area contributed by atoms with Gasteiger partial charge in [0.15, 0.2) is 0 Å². The SMILES string of the molecule is Cc1ccc(C(CN)N(C)CCc2cccs2)cc1Cl. The van der Waals surface area contributed by atoms with Gasteiger partial charge >= 0.3 is 0 Å². The summed E-state index contributed by atoms with van der Waals surface area (Å²) in [5, 5.41) is 2.93. The van der Waals surface area contributed by atoms with E-state index in [0.717, 1.165) is 23.6 Å². The number of aryl methyl sites for hydroxylation is 1. The molecule has 0 fully saturated rings. The Labute approximate surface area is 130 Å². The molecule has 0 aliphatic carbocycles. The van der Waals surface area contributed by atoms with Gasteiger partial charge in [0, 0.05) is 29.0 Å². The van der Waals surface area contributed by atoms with Crippen molar-refractivity contribution in [3.8, 4) is 0 Å². The topological polar surface area (TPSA) is 29.3 Å². The molecule has 1 atom stereocenters. The molecule has 1 unspecified atom stereocenters. The Balaban J connectivity index is 2.04. The van der Waals surface area contributed by atoms with E-state index in [1.54, 1.807) is 11.3 Å². The average molecular weight is 309 g/mol. The molecule has 0 saturated carbocycles. The summed E-state index contributed by atoms with van der Waals surface area (Å²) in [6.45, 7) is 3.61. The van der Waals surface area contributed by atoms with Crippen LogP contribution < -0.4 is 5.73 Å². The zero-order valence-electron chi connectivity index (χ0n) is 12.0. The number of halogens is 1. The molecule has 0 saturated heterocycles. The number of rotatable bonds is 6. The fraction of sp³-hybridized carbons (Fsp3) is 0.375. The predicted octanol–water partition coefficient (Wildman–Crippen LogP) is 3.88. The molecule has 0 bridgehead atoms. The van der Waals surface area contributed by atoms with Crippen LogP contribution in [-0.2, 0) is 6.42 Å². The Morgan fingerprint density at radius 2 is 2.15 bits per heavy atom. The summed E-state index contributed by atoms with van der Waals surface area (Å²) >= 11 is 8.03. The molecule has 108 valence electrons. The highest BCUT2D eigenvalue weighted by Crippen LogP contribution is 2.24. The zero-order valence-corrected chi connectivity index (χ0v) is 13.5. The van der Waals surface area contributed by atoms with Crippen molar-refractivity contribution in [2.45, 2.75) is 19.4 Å². The number of hydrogen-bond donors (Lipinski definition) is 1. The summed E-state index contributed by atoms with van der Waals surface area (Å²) in [7, 11) is 2.12. The van der Waals surface area contributed by atoms with Crippen LogP contribution in [0.3, 0.4) is 0 Å². The van der Waals surface area contributed by atoms with E-state index < -0.39 is 0 Å². The minimum atomic E-state index is 0.216. The lowest BCUT2D eigenvalue weighted by molar-refractivity contribution is 0.254. The lowest BCUT2D eigenvalue weighted by atomic mass is 10.0. The van der Waals surface area contributed by atoms with E-state index in [0.29, 0.717) is 6.54 Å². The highest BCUT2D eigenvalue weighted by atomic mass is 35.5. The third kappa shape index (κ3) is 3.83. The summed E-state index contributed by atoms with van der Waals surface area (Å²) in [6.07, 6.45) is 1.06. The number of thiophene rings is 1. The van der Waals surface area contributed by atoms with Gasteiger partial charge in [0.2, 0.25) is 0 Å². The van der Waals surface area contributed by atoms with Gasteiger partial charge in [-0.25, -0.2) is 0 Å². The normalized spacial score (nSPS) is 12.8. The Bertz CT molecular complexity index is 539. The van der Waals surface area contributed by atoms with Crippen molar-refractivity contribution in [2.75, 3.05) is 20.1 Å². The minimum Gasteiger partial charge on any atom is -0.329 e. The Hall–Kier alpha value is -0.870. The number of nitrogens with two attached hydrogens (primary N) is 1. The summed E-state index contributed by atoms with van der Waals surface area (Å²) in [5.41, 5.74) is 8.26. The molecule has 0 radical (unpaired) electrons. The van der Waals surface area contributed by atoms with E-state index in [1.165, 1.54) is 10.4 Å². The minimum absolute atomic E-state index is 0.216. The smallest absolute Gasteiger partial charge is 0.0468 e. The second kappa shape index (κ2) is 7.23. The molecule has 2 N–H and O–H groups in total. The Kier molecular flexibility index (Phi) is 5.61. The fourth-order valence-corrected chi connectivity index (χ4v) is 3.17. The largest absolute Gasteiger partial charge is 0.329 e. The predicted molar refractivity (Wildman–Crippen MR) is 88.6 cm³/mol.